The molecule has 3 aromatic rings. The highest BCUT2D eigenvalue weighted by molar-refractivity contribution is 6.07. The quantitative estimate of drug-likeness (QED) is 0.658. The molecule has 4 heterocycles. The number of aryl methyl sites for hydroxylation is 2. The summed E-state index contributed by atoms with van der Waals surface area (Å²) in [5, 5.41) is 3.80. The molecule has 1 atom stereocenters. The van der Waals surface area contributed by atoms with E-state index >= 15 is 0 Å². The number of ether oxygens (including phenoxy) is 1. The van der Waals surface area contributed by atoms with Gasteiger partial charge in [0.05, 0.1) is 5.56 Å². The Bertz CT molecular complexity index is 1170. The first-order valence-corrected chi connectivity index (χ1v) is 10.9. The summed E-state index contributed by atoms with van der Waals surface area (Å²) in [5.74, 6) is 0.294. The molecule has 1 unspecified atom stereocenters. The van der Waals surface area contributed by atoms with Crippen LogP contribution in [0.5, 0.6) is 0 Å². The number of amides is 1. The van der Waals surface area contributed by atoms with Gasteiger partial charge in [-0.3, -0.25) is 9.59 Å². The minimum atomic E-state index is -0.187. The highest BCUT2D eigenvalue weighted by atomic mass is 16.5. The molecule has 164 valence electrons. The van der Waals surface area contributed by atoms with Crippen LogP contribution in [0.3, 0.4) is 0 Å². The van der Waals surface area contributed by atoms with Crippen LogP contribution in [0.2, 0.25) is 0 Å². The average Bonchev–Trinajstić information content (AvgIpc) is 3.04. The maximum absolute atomic E-state index is 13.3. The van der Waals surface area contributed by atoms with E-state index < -0.39 is 0 Å². The molecule has 1 fully saturated rings. The second kappa shape index (κ2) is 8.67. The van der Waals surface area contributed by atoms with Crippen molar-refractivity contribution in [1.82, 2.24) is 19.9 Å². The maximum atomic E-state index is 13.3. The summed E-state index contributed by atoms with van der Waals surface area (Å²) in [6.07, 6.45) is 3.78. The summed E-state index contributed by atoms with van der Waals surface area (Å²) >= 11 is 0. The summed E-state index contributed by atoms with van der Waals surface area (Å²) in [5.41, 5.74) is 4.46. The second-order valence-corrected chi connectivity index (χ2v) is 8.52. The van der Waals surface area contributed by atoms with Crippen molar-refractivity contribution in [2.24, 2.45) is 5.92 Å². The van der Waals surface area contributed by atoms with E-state index in [-0.39, 0.29) is 24.1 Å². The number of rotatable bonds is 5. The predicted octanol–water partition coefficient (Wildman–Crippen LogP) is 3.57. The van der Waals surface area contributed by atoms with E-state index in [1.807, 2.05) is 39.0 Å². The van der Waals surface area contributed by atoms with E-state index in [1.54, 1.807) is 6.20 Å². The fourth-order valence-corrected chi connectivity index (χ4v) is 4.81. The Kier molecular flexibility index (Phi) is 5.96. The third kappa shape index (κ3) is 4.02. The number of carbonyl (C=O) groups excluding carboxylic acids is 1. The first-order chi connectivity index (χ1) is 14.9. The zero-order valence-electron chi connectivity index (χ0n) is 18.6. The summed E-state index contributed by atoms with van der Waals surface area (Å²) in [7, 11) is 0. The maximum Gasteiger partial charge on any atom is 0.254 e. The molecule has 31 heavy (non-hydrogen) atoms. The lowest BCUT2D eigenvalue weighted by Gasteiger charge is -2.30. The molecule has 1 saturated heterocycles. The molecular formula is C24H30N4O3. The van der Waals surface area contributed by atoms with Gasteiger partial charge in [0.25, 0.3) is 11.5 Å². The van der Waals surface area contributed by atoms with E-state index in [1.165, 1.54) is 0 Å². The van der Waals surface area contributed by atoms with Gasteiger partial charge in [-0.2, -0.15) is 0 Å². The average molecular weight is 423 g/mol. The van der Waals surface area contributed by atoms with E-state index in [4.69, 9.17) is 4.74 Å². The van der Waals surface area contributed by atoms with Crippen LogP contribution in [0, 0.1) is 26.7 Å². The van der Waals surface area contributed by atoms with Gasteiger partial charge in [-0.05, 0) is 70.2 Å². The fourth-order valence-electron chi connectivity index (χ4n) is 4.81. The number of fused-ring (bicyclic) bond motifs is 1. The van der Waals surface area contributed by atoms with Crippen LogP contribution in [0.4, 0.5) is 0 Å². The van der Waals surface area contributed by atoms with Crippen LogP contribution in [0.1, 0.15) is 58.7 Å². The number of H-pyrrole nitrogens is 1. The molecule has 1 amide bonds. The molecule has 0 aromatic carbocycles. The van der Waals surface area contributed by atoms with Crippen molar-refractivity contribution >= 4 is 16.9 Å². The molecule has 7 heteroatoms. The first kappa shape index (κ1) is 21.3. The SMILES string of the molecule is Cc1cc(C)c(CNC(=O)c2c(C)n(C(C)C3CCOCC3)c3ncccc23)c(=O)[nH]1. The van der Waals surface area contributed by atoms with Crippen molar-refractivity contribution in [2.45, 2.75) is 53.1 Å². The van der Waals surface area contributed by atoms with Crippen molar-refractivity contribution in [3.63, 3.8) is 0 Å². The number of nitrogens with zero attached hydrogens (tertiary/aromatic N) is 2. The Morgan fingerprint density at radius 2 is 2.06 bits per heavy atom. The molecule has 3 aromatic heterocycles. The molecule has 4 rings (SSSR count). The van der Waals surface area contributed by atoms with Crippen LogP contribution in [0.15, 0.2) is 29.2 Å². The van der Waals surface area contributed by atoms with Crippen molar-refractivity contribution in [3.8, 4) is 0 Å². The molecule has 0 saturated carbocycles. The number of aromatic amines is 1. The van der Waals surface area contributed by atoms with E-state index in [0.717, 1.165) is 54.0 Å². The summed E-state index contributed by atoms with van der Waals surface area (Å²) < 4.78 is 7.73. The standard InChI is InChI=1S/C24H30N4O3/c1-14-12-15(2)27-23(29)20(14)13-26-24(30)21-17(4)28(22-19(21)6-5-9-25-22)16(3)18-7-10-31-11-8-18/h5-6,9,12,16,18H,7-8,10-11,13H2,1-4H3,(H,26,30)(H,27,29). The van der Waals surface area contributed by atoms with Gasteiger partial charge in [0.2, 0.25) is 0 Å². The third-order valence-corrected chi connectivity index (χ3v) is 6.51. The molecule has 0 spiro atoms. The van der Waals surface area contributed by atoms with E-state index in [0.29, 0.717) is 17.0 Å². The number of aromatic nitrogens is 3. The molecule has 2 N–H and O–H groups in total. The summed E-state index contributed by atoms with van der Waals surface area (Å²) in [6.45, 7) is 9.66. The summed E-state index contributed by atoms with van der Waals surface area (Å²) in [4.78, 5) is 33.0. The zero-order valence-corrected chi connectivity index (χ0v) is 18.6. The minimum Gasteiger partial charge on any atom is -0.381 e. The zero-order chi connectivity index (χ0) is 22.1. The van der Waals surface area contributed by atoms with Gasteiger partial charge in [-0.25, -0.2) is 4.98 Å². The molecule has 0 aliphatic carbocycles. The van der Waals surface area contributed by atoms with Gasteiger partial charge in [0, 0.05) is 54.3 Å². The lowest BCUT2D eigenvalue weighted by molar-refractivity contribution is 0.0516. The van der Waals surface area contributed by atoms with Gasteiger partial charge in [-0.15, -0.1) is 0 Å². The number of pyridine rings is 2. The van der Waals surface area contributed by atoms with E-state index in [2.05, 4.69) is 26.8 Å². The van der Waals surface area contributed by atoms with Crippen LogP contribution in [0.25, 0.3) is 11.0 Å². The number of hydrogen-bond acceptors (Lipinski definition) is 4. The van der Waals surface area contributed by atoms with Crippen LogP contribution >= 0.6 is 0 Å². The fraction of sp³-hybridized carbons (Fsp3) is 0.458. The highest BCUT2D eigenvalue weighted by Gasteiger charge is 2.28. The Morgan fingerprint density at radius 3 is 2.77 bits per heavy atom. The monoisotopic (exact) mass is 422 g/mol. The molecule has 0 bridgehead atoms. The van der Waals surface area contributed by atoms with Gasteiger partial charge >= 0.3 is 0 Å². The Hall–Kier alpha value is -2.93. The van der Waals surface area contributed by atoms with Crippen molar-refractivity contribution in [3.05, 3.63) is 62.8 Å². The van der Waals surface area contributed by atoms with Crippen molar-refractivity contribution in [2.75, 3.05) is 13.2 Å². The summed E-state index contributed by atoms with van der Waals surface area (Å²) in [6, 6.07) is 5.93. The van der Waals surface area contributed by atoms with Gasteiger partial charge in [-0.1, -0.05) is 0 Å². The Balaban J connectivity index is 1.67. The lowest BCUT2D eigenvalue weighted by Crippen LogP contribution is -2.28. The molecule has 1 aliphatic rings. The van der Waals surface area contributed by atoms with Crippen molar-refractivity contribution < 1.29 is 9.53 Å². The topological polar surface area (TPSA) is 89.0 Å². The molecular weight excluding hydrogens is 392 g/mol. The Labute approximate surface area is 181 Å². The van der Waals surface area contributed by atoms with Crippen LogP contribution < -0.4 is 10.9 Å². The Morgan fingerprint density at radius 1 is 1.32 bits per heavy atom. The number of carbonyl (C=O) groups is 1. The first-order valence-electron chi connectivity index (χ1n) is 10.9. The van der Waals surface area contributed by atoms with Gasteiger partial charge in [0.1, 0.15) is 5.65 Å². The van der Waals surface area contributed by atoms with Gasteiger partial charge < -0.3 is 19.6 Å². The van der Waals surface area contributed by atoms with Crippen molar-refractivity contribution in [1.29, 1.82) is 0 Å². The number of nitrogens with one attached hydrogen (secondary N) is 2. The second-order valence-electron chi connectivity index (χ2n) is 8.52. The normalized spacial score (nSPS) is 15.9. The lowest BCUT2D eigenvalue weighted by atomic mass is 9.92. The number of hydrogen-bond donors (Lipinski definition) is 2. The molecule has 0 radical (unpaired) electrons. The minimum absolute atomic E-state index is 0.160. The molecule has 1 aliphatic heterocycles. The van der Waals surface area contributed by atoms with Crippen LogP contribution in [-0.4, -0.2) is 33.7 Å². The van der Waals surface area contributed by atoms with Gasteiger partial charge in [0.15, 0.2) is 0 Å². The highest BCUT2D eigenvalue weighted by Crippen LogP contribution is 2.34. The molecule has 7 nitrogen and oxygen atoms in total. The predicted molar refractivity (Wildman–Crippen MR) is 120 cm³/mol. The largest absolute Gasteiger partial charge is 0.381 e. The van der Waals surface area contributed by atoms with E-state index in [9.17, 15) is 9.59 Å². The smallest absolute Gasteiger partial charge is 0.254 e. The third-order valence-electron chi connectivity index (χ3n) is 6.51. The van der Waals surface area contributed by atoms with Crippen LogP contribution in [-0.2, 0) is 11.3 Å².